The maximum Gasteiger partial charge on any atom is 0.358 e. The van der Waals surface area contributed by atoms with E-state index in [1.807, 2.05) is 0 Å². The number of aromatic carboxylic acids is 1. The van der Waals surface area contributed by atoms with Crippen molar-refractivity contribution in [1.82, 2.24) is 15.0 Å². The molecule has 0 saturated heterocycles. The molecule has 2 aromatic rings. The van der Waals surface area contributed by atoms with Gasteiger partial charge in [-0.05, 0) is 0 Å². The van der Waals surface area contributed by atoms with Crippen LogP contribution >= 0.6 is 0 Å². The molecule has 0 saturated carbocycles. The van der Waals surface area contributed by atoms with E-state index >= 15 is 0 Å². The average molecular weight is 191 g/mol. The van der Waals surface area contributed by atoms with Crippen LogP contribution in [0.4, 0.5) is 0 Å². The summed E-state index contributed by atoms with van der Waals surface area (Å²) < 4.78 is 4.92. The van der Waals surface area contributed by atoms with Gasteiger partial charge in [0.25, 0.3) is 0 Å². The lowest BCUT2D eigenvalue weighted by Crippen LogP contribution is -1.99. The third-order valence-corrected chi connectivity index (χ3v) is 1.57. The van der Waals surface area contributed by atoms with Crippen molar-refractivity contribution < 1.29 is 14.3 Å². The van der Waals surface area contributed by atoms with Crippen molar-refractivity contribution in [1.29, 1.82) is 0 Å². The number of carboxylic acids is 1. The second-order valence-corrected chi connectivity index (χ2v) is 2.43. The number of hydrogen-bond acceptors (Lipinski definition) is 5. The third kappa shape index (κ3) is 1.33. The first-order valence-corrected chi connectivity index (χ1v) is 3.72. The minimum Gasteiger partial charge on any atom is -0.476 e. The van der Waals surface area contributed by atoms with Crippen LogP contribution in [0.3, 0.4) is 0 Å². The van der Waals surface area contributed by atoms with Gasteiger partial charge in [-0.3, -0.25) is 4.98 Å². The van der Waals surface area contributed by atoms with Gasteiger partial charge in [-0.1, -0.05) is 0 Å². The van der Waals surface area contributed by atoms with Crippen molar-refractivity contribution in [2.75, 3.05) is 0 Å². The molecule has 70 valence electrons. The van der Waals surface area contributed by atoms with E-state index in [2.05, 4.69) is 15.0 Å². The van der Waals surface area contributed by atoms with E-state index in [0.717, 1.165) is 6.39 Å². The van der Waals surface area contributed by atoms with Crippen LogP contribution in [0.25, 0.3) is 11.5 Å². The zero-order chi connectivity index (χ0) is 9.97. The van der Waals surface area contributed by atoms with E-state index in [0.29, 0.717) is 5.69 Å². The Hall–Kier alpha value is -2.24. The van der Waals surface area contributed by atoms with E-state index in [4.69, 9.17) is 9.52 Å². The van der Waals surface area contributed by atoms with Crippen LogP contribution in [0, 0.1) is 0 Å². The molecule has 2 heterocycles. The van der Waals surface area contributed by atoms with E-state index in [1.54, 1.807) is 0 Å². The summed E-state index contributed by atoms with van der Waals surface area (Å²) in [4.78, 5) is 21.9. The van der Waals surface area contributed by atoms with Crippen LogP contribution in [0.1, 0.15) is 10.5 Å². The van der Waals surface area contributed by atoms with Crippen molar-refractivity contribution in [3.63, 3.8) is 0 Å². The molecule has 14 heavy (non-hydrogen) atoms. The van der Waals surface area contributed by atoms with Gasteiger partial charge >= 0.3 is 5.97 Å². The summed E-state index contributed by atoms with van der Waals surface area (Å²) in [6.07, 6.45) is 5.41. The number of nitrogens with zero attached hydrogens (tertiary/aromatic N) is 3. The summed E-state index contributed by atoms with van der Waals surface area (Å²) >= 11 is 0. The lowest BCUT2D eigenvalue weighted by Gasteiger charge is -1.94. The Morgan fingerprint density at radius 1 is 1.36 bits per heavy atom. The molecule has 6 nitrogen and oxygen atoms in total. The SMILES string of the molecule is O=C(O)c1ncoc1-c1cnccn1. The van der Waals surface area contributed by atoms with Gasteiger partial charge in [0.2, 0.25) is 0 Å². The quantitative estimate of drug-likeness (QED) is 0.756. The van der Waals surface area contributed by atoms with Crippen LogP contribution in [-0.4, -0.2) is 26.0 Å². The predicted molar refractivity (Wildman–Crippen MR) is 44.5 cm³/mol. The first kappa shape index (κ1) is 8.36. The molecule has 0 aliphatic carbocycles. The van der Waals surface area contributed by atoms with E-state index in [1.165, 1.54) is 18.6 Å². The number of carbonyl (C=O) groups is 1. The van der Waals surface area contributed by atoms with Crippen LogP contribution < -0.4 is 0 Å². The molecule has 0 atom stereocenters. The highest BCUT2D eigenvalue weighted by Gasteiger charge is 2.17. The minimum atomic E-state index is -1.15. The zero-order valence-electron chi connectivity index (χ0n) is 6.91. The van der Waals surface area contributed by atoms with Gasteiger partial charge in [-0.25, -0.2) is 14.8 Å². The van der Waals surface area contributed by atoms with Crippen molar-refractivity contribution in [2.45, 2.75) is 0 Å². The highest BCUT2D eigenvalue weighted by molar-refractivity contribution is 5.91. The molecule has 0 aromatic carbocycles. The largest absolute Gasteiger partial charge is 0.476 e. The Bertz CT molecular complexity index is 452. The number of rotatable bonds is 2. The van der Waals surface area contributed by atoms with E-state index in [-0.39, 0.29) is 11.5 Å². The van der Waals surface area contributed by atoms with Gasteiger partial charge in [0, 0.05) is 12.4 Å². The lowest BCUT2D eigenvalue weighted by molar-refractivity contribution is 0.0691. The summed E-state index contributed by atoms with van der Waals surface area (Å²) in [7, 11) is 0. The zero-order valence-corrected chi connectivity index (χ0v) is 6.91. The van der Waals surface area contributed by atoms with Crippen molar-refractivity contribution in [3.05, 3.63) is 30.7 Å². The number of hydrogen-bond donors (Lipinski definition) is 1. The Balaban J connectivity index is 2.52. The van der Waals surface area contributed by atoms with E-state index < -0.39 is 5.97 Å². The molecule has 2 aromatic heterocycles. The second-order valence-electron chi connectivity index (χ2n) is 2.43. The van der Waals surface area contributed by atoms with Gasteiger partial charge in [0.05, 0.1) is 6.20 Å². The molecular formula is C8H5N3O3. The van der Waals surface area contributed by atoms with Gasteiger partial charge in [0.15, 0.2) is 17.8 Å². The average Bonchev–Trinajstić information content (AvgIpc) is 2.67. The van der Waals surface area contributed by atoms with Crippen LogP contribution in [0.5, 0.6) is 0 Å². The Kier molecular flexibility index (Phi) is 1.94. The summed E-state index contributed by atoms with van der Waals surface area (Å²) in [5, 5.41) is 8.75. The van der Waals surface area contributed by atoms with Gasteiger partial charge in [-0.2, -0.15) is 0 Å². The highest BCUT2D eigenvalue weighted by atomic mass is 16.4. The van der Waals surface area contributed by atoms with Crippen LogP contribution in [0.2, 0.25) is 0 Å². The smallest absolute Gasteiger partial charge is 0.358 e. The predicted octanol–water partition coefficient (Wildman–Crippen LogP) is 0.830. The number of aromatic nitrogens is 3. The molecular weight excluding hydrogens is 186 g/mol. The van der Waals surface area contributed by atoms with Gasteiger partial charge in [0.1, 0.15) is 5.69 Å². The molecule has 6 heteroatoms. The standard InChI is InChI=1S/C8H5N3O3/c12-8(13)6-7(14-4-11-6)5-3-9-1-2-10-5/h1-4H,(H,12,13). The Labute approximate surface area is 78.3 Å². The lowest BCUT2D eigenvalue weighted by atomic mass is 10.3. The van der Waals surface area contributed by atoms with Crippen LogP contribution in [-0.2, 0) is 0 Å². The Morgan fingerprint density at radius 2 is 2.21 bits per heavy atom. The molecule has 2 rings (SSSR count). The molecule has 0 aliphatic rings. The maximum absolute atomic E-state index is 10.7. The minimum absolute atomic E-state index is 0.116. The van der Waals surface area contributed by atoms with E-state index in [9.17, 15) is 4.79 Å². The molecule has 0 unspecified atom stereocenters. The molecule has 0 bridgehead atoms. The first-order chi connectivity index (χ1) is 6.79. The van der Waals surface area contributed by atoms with Crippen molar-refractivity contribution in [3.8, 4) is 11.5 Å². The fourth-order valence-electron chi connectivity index (χ4n) is 0.997. The molecule has 0 amide bonds. The van der Waals surface area contributed by atoms with Crippen molar-refractivity contribution >= 4 is 5.97 Å². The molecule has 0 radical (unpaired) electrons. The summed E-state index contributed by atoms with van der Waals surface area (Å²) in [6, 6.07) is 0. The van der Waals surface area contributed by atoms with Crippen LogP contribution in [0.15, 0.2) is 29.4 Å². The second kappa shape index (κ2) is 3.25. The normalized spacial score (nSPS) is 10.0. The van der Waals surface area contributed by atoms with Crippen molar-refractivity contribution in [2.24, 2.45) is 0 Å². The van der Waals surface area contributed by atoms with Gasteiger partial charge < -0.3 is 9.52 Å². The maximum atomic E-state index is 10.7. The molecule has 0 spiro atoms. The van der Waals surface area contributed by atoms with Gasteiger partial charge in [-0.15, -0.1) is 0 Å². The number of oxazole rings is 1. The number of carboxylic acid groups (broad SMARTS) is 1. The monoisotopic (exact) mass is 191 g/mol. The highest BCUT2D eigenvalue weighted by Crippen LogP contribution is 2.19. The summed E-state index contributed by atoms with van der Waals surface area (Å²) in [6.45, 7) is 0. The molecule has 0 fully saturated rings. The third-order valence-electron chi connectivity index (χ3n) is 1.57. The summed E-state index contributed by atoms with van der Waals surface area (Å²) in [5.41, 5.74) is 0.188. The topological polar surface area (TPSA) is 89.1 Å². The fraction of sp³-hybridized carbons (Fsp3) is 0. The molecule has 0 aliphatic heterocycles. The molecule has 1 N–H and O–H groups in total. The fourth-order valence-corrected chi connectivity index (χ4v) is 0.997. The first-order valence-electron chi connectivity index (χ1n) is 3.72. The summed E-state index contributed by atoms with van der Waals surface area (Å²) in [5.74, 6) is -1.04. The Morgan fingerprint density at radius 3 is 2.86 bits per heavy atom.